The molecule has 0 N–H and O–H groups in total. The summed E-state index contributed by atoms with van der Waals surface area (Å²) in [5.41, 5.74) is 0. The van der Waals surface area contributed by atoms with Gasteiger partial charge in [-0.1, -0.05) is 6.42 Å². The van der Waals surface area contributed by atoms with E-state index in [4.69, 9.17) is 9.59 Å². The van der Waals surface area contributed by atoms with Crippen LogP contribution >= 0.6 is 0 Å². The Hall–Kier alpha value is -0.0756. The van der Waals surface area contributed by atoms with Crippen molar-refractivity contribution in [2.24, 2.45) is 0 Å². The van der Waals surface area contributed by atoms with Crippen LogP contribution in [-0.4, -0.2) is 12.6 Å². The molecule has 31 valence electrons. The fourth-order valence-corrected chi connectivity index (χ4v) is 0.0340. The van der Waals surface area contributed by atoms with Crippen LogP contribution in [0.3, 0.4) is 0 Å². The number of hydrogen-bond donors (Lipinski definition) is 0. The van der Waals surface area contributed by atoms with Crippen LogP contribution in [0, 0.1) is 0 Å². The summed E-state index contributed by atoms with van der Waals surface area (Å²) in [4.78, 5) is 18.2. The van der Waals surface area contributed by atoms with Gasteiger partial charge in [0.1, 0.15) is 0 Å². The maximum Gasteiger partial charge on any atom is 2.00 e. The van der Waals surface area contributed by atoms with Gasteiger partial charge in [-0.25, -0.2) is 0 Å². The Morgan fingerprint density at radius 2 is 2.17 bits per heavy atom. The average Bonchev–Trinajstić information content (AvgIpc) is 1.41. The molecular formula is C3H3O2V+. The zero-order chi connectivity index (χ0) is 4.12. The Morgan fingerprint density at radius 1 is 1.67 bits per heavy atom. The van der Waals surface area contributed by atoms with Gasteiger partial charge in [0.05, 0.1) is 6.29 Å². The van der Waals surface area contributed by atoms with Crippen molar-refractivity contribution in [3.63, 3.8) is 0 Å². The van der Waals surface area contributed by atoms with Gasteiger partial charge in [0.2, 0.25) is 0 Å². The molecule has 0 bridgehead atoms. The topological polar surface area (TPSA) is 34.1 Å². The molecule has 0 aliphatic heterocycles. The molecule has 6 heavy (non-hydrogen) atoms. The summed E-state index contributed by atoms with van der Waals surface area (Å²) in [5.74, 6) is 0. The van der Waals surface area contributed by atoms with Gasteiger partial charge in [0.15, 0.2) is 0 Å². The molecule has 0 saturated carbocycles. The molecule has 2 nitrogen and oxygen atoms in total. The summed E-state index contributed by atoms with van der Waals surface area (Å²) in [6.07, 6.45) is 1.81. The Bertz CT molecular complexity index is 38.1. The molecule has 0 aliphatic rings. The summed E-state index contributed by atoms with van der Waals surface area (Å²) >= 11 is 0. The second-order valence-corrected chi connectivity index (χ2v) is 0.515. The van der Waals surface area contributed by atoms with E-state index in [1.807, 2.05) is 0 Å². The first-order valence-corrected chi connectivity index (χ1v) is 1.20. The normalized spacial score (nSPS) is 5.33. The predicted molar refractivity (Wildman–Crippen MR) is 16.4 cm³/mol. The minimum atomic E-state index is -0.0972. The van der Waals surface area contributed by atoms with Crippen molar-refractivity contribution >= 4 is 12.6 Å². The van der Waals surface area contributed by atoms with Crippen LogP contribution < -0.4 is 0 Å². The van der Waals surface area contributed by atoms with Crippen LogP contribution in [0.15, 0.2) is 0 Å². The van der Waals surface area contributed by atoms with Crippen molar-refractivity contribution in [2.45, 2.75) is 6.42 Å². The zero-order valence-corrected chi connectivity index (χ0v) is 4.44. The van der Waals surface area contributed by atoms with E-state index in [2.05, 4.69) is 0 Å². The van der Waals surface area contributed by atoms with Crippen molar-refractivity contribution in [1.29, 1.82) is 0 Å². The summed E-state index contributed by atoms with van der Waals surface area (Å²) in [6, 6.07) is 0. The number of aldehydes is 1. The molecule has 0 aliphatic carbocycles. The van der Waals surface area contributed by atoms with Crippen LogP contribution in [0.4, 0.5) is 0 Å². The fraction of sp³-hybridized carbons (Fsp3) is 0.333. The minimum absolute atomic E-state index is 0. The molecule has 0 aromatic rings. The second kappa shape index (κ2) is 8.87. The second-order valence-electron chi connectivity index (χ2n) is 0.515. The van der Waals surface area contributed by atoms with Crippen LogP contribution in [0.2, 0.25) is 0 Å². The standard InChI is InChI=1S/C3H3O2.V/c4-2-1-3-5;/h2H,1H2;/q-1;+2. The van der Waals surface area contributed by atoms with Crippen molar-refractivity contribution in [1.82, 2.24) is 0 Å². The summed E-state index contributed by atoms with van der Waals surface area (Å²) in [6.45, 7) is 0. The van der Waals surface area contributed by atoms with Gasteiger partial charge >= 0.3 is 18.6 Å². The SMILES string of the molecule is O=[C-]CC=O.[V+2]. The van der Waals surface area contributed by atoms with E-state index in [9.17, 15) is 0 Å². The molecule has 0 unspecified atom stereocenters. The molecule has 0 aromatic carbocycles. The van der Waals surface area contributed by atoms with Crippen molar-refractivity contribution in [2.75, 3.05) is 0 Å². The minimum Gasteiger partial charge on any atom is -0.541 e. The van der Waals surface area contributed by atoms with Gasteiger partial charge in [0, 0.05) is 0 Å². The summed E-state index contributed by atoms with van der Waals surface area (Å²) in [5, 5.41) is 0. The molecule has 0 fully saturated rings. The predicted octanol–water partition coefficient (Wildman–Crippen LogP) is -0.317. The van der Waals surface area contributed by atoms with Gasteiger partial charge in [-0.2, -0.15) is 0 Å². The van der Waals surface area contributed by atoms with E-state index in [0.29, 0.717) is 6.29 Å². The van der Waals surface area contributed by atoms with E-state index < -0.39 is 0 Å². The molecule has 0 rings (SSSR count). The molecule has 0 saturated heterocycles. The van der Waals surface area contributed by atoms with Crippen LogP contribution in [0.1, 0.15) is 6.42 Å². The number of rotatable bonds is 2. The third kappa shape index (κ3) is 9.06. The van der Waals surface area contributed by atoms with Crippen molar-refractivity contribution in [3.8, 4) is 0 Å². The van der Waals surface area contributed by atoms with Gasteiger partial charge in [0.25, 0.3) is 0 Å². The van der Waals surface area contributed by atoms with Crippen molar-refractivity contribution < 1.29 is 28.1 Å². The molecule has 0 aromatic heterocycles. The van der Waals surface area contributed by atoms with Gasteiger partial charge in [-0.3, -0.25) is 6.29 Å². The quantitative estimate of drug-likeness (QED) is 0.286. The fourth-order valence-electron chi connectivity index (χ4n) is 0.0340. The van der Waals surface area contributed by atoms with Crippen molar-refractivity contribution in [3.05, 3.63) is 0 Å². The zero-order valence-electron chi connectivity index (χ0n) is 3.05. The Morgan fingerprint density at radius 3 is 2.17 bits per heavy atom. The van der Waals surface area contributed by atoms with E-state index in [-0.39, 0.29) is 25.0 Å². The first kappa shape index (κ1) is 9.33. The van der Waals surface area contributed by atoms with E-state index >= 15 is 0 Å². The van der Waals surface area contributed by atoms with Crippen LogP contribution in [0.5, 0.6) is 0 Å². The third-order valence-electron chi connectivity index (χ3n) is 0.167. The monoisotopic (exact) mass is 122 g/mol. The molecule has 0 atom stereocenters. The maximum atomic E-state index is 9.14. The average molecular weight is 122 g/mol. The van der Waals surface area contributed by atoms with Crippen LogP contribution in [0.25, 0.3) is 0 Å². The van der Waals surface area contributed by atoms with E-state index in [0.717, 1.165) is 0 Å². The Labute approximate surface area is 47.8 Å². The van der Waals surface area contributed by atoms with Gasteiger partial charge in [-0.15, -0.1) is 0 Å². The first-order valence-electron chi connectivity index (χ1n) is 1.20. The first-order chi connectivity index (χ1) is 2.41. The summed E-state index contributed by atoms with van der Waals surface area (Å²) < 4.78 is 0. The smallest absolute Gasteiger partial charge is 0.541 e. The Balaban J connectivity index is 0. The van der Waals surface area contributed by atoms with Crippen LogP contribution in [-0.2, 0) is 28.1 Å². The molecule has 3 heteroatoms. The third-order valence-corrected chi connectivity index (χ3v) is 0.167. The molecular weight excluding hydrogens is 119 g/mol. The number of hydrogen-bond acceptors (Lipinski definition) is 2. The molecule has 1 radical (unpaired) electrons. The van der Waals surface area contributed by atoms with Gasteiger partial charge in [-0.05, 0) is 0 Å². The molecule has 0 heterocycles. The Kier molecular flexibility index (Phi) is 13.8. The van der Waals surface area contributed by atoms with Gasteiger partial charge < -0.3 is 9.59 Å². The summed E-state index contributed by atoms with van der Waals surface area (Å²) in [7, 11) is 0. The molecule has 0 amide bonds. The largest absolute Gasteiger partial charge is 2.00 e. The van der Waals surface area contributed by atoms with E-state index in [1.54, 1.807) is 0 Å². The number of carbonyl (C=O) groups excluding carboxylic acids is 2. The van der Waals surface area contributed by atoms with E-state index in [1.165, 1.54) is 6.29 Å². The number of carbonyl (C=O) groups is 1. The molecule has 0 spiro atoms. The maximum absolute atomic E-state index is 9.14.